The van der Waals surface area contributed by atoms with Crippen molar-refractivity contribution in [3.63, 3.8) is 0 Å². The van der Waals surface area contributed by atoms with Crippen molar-refractivity contribution >= 4 is 11.3 Å². The molecular formula is C12H19NOS. The van der Waals surface area contributed by atoms with Crippen molar-refractivity contribution in [1.29, 1.82) is 0 Å². The SMILES string of the molecule is CC1(O)CCCN(Cc2ccsc2)CC1. The fraction of sp³-hybridized carbons (Fsp3) is 0.667. The molecule has 1 aliphatic rings. The van der Waals surface area contributed by atoms with Gasteiger partial charge in [-0.25, -0.2) is 0 Å². The molecule has 1 aromatic heterocycles. The summed E-state index contributed by atoms with van der Waals surface area (Å²) in [7, 11) is 0. The van der Waals surface area contributed by atoms with Gasteiger partial charge in [0, 0.05) is 13.1 Å². The normalized spacial score (nSPS) is 28.9. The number of rotatable bonds is 2. The molecular weight excluding hydrogens is 206 g/mol. The first kappa shape index (κ1) is 11.1. The van der Waals surface area contributed by atoms with Gasteiger partial charge in [-0.05, 0) is 55.1 Å². The summed E-state index contributed by atoms with van der Waals surface area (Å²) < 4.78 is 0. The van der Waals surface area contributed by atoms with E-state index in [1.165, 1.54) is 5.56 Å². The highest BCUT2D eigenvalue weighted by molar-refractivity contribution is 7.07. The Hall–Kier alpha value is -0.380. The van der Waals surface area contributed by atoms with Gasteiger partial charge in [-0.1, -0.05) is 0 Å². The minimum atomic E-state index is -0.441. The van der Waals surface area contributed by atoms with Crippen molar-refractivity contribution in [3.05, 3.63) is 22.4 Å². The van der Waals surface area contributed by atoms with Gasteiger partial charge in [0.1, 0.15) is 0 Å². The van der Waals surface area contributed by atoms with Crippen molar-refractivity contribution in [2.24, 2.45) is 0 Å². The average molecular weight is 225 g/mol. The van der Waals surface area contributed by atoms with Gasteiger partial charge in [0.25, 0.3) is 0 Å². The summed E-state index contributed by atoms with van der Waals surface area (Å²) in [4.78, 5) is 2.45. The number of likely N-dealkylation sites (tertiary alicyclic amines) is 1. The van der Waals surface area contributed by atoms with Crippen LogP contribution in [0.1, 0.15) is 31.7 Å². The predicted octanol–water partition coefficient (Wildman–Crippen LogP) is 2.49. The largest absolute Gasteiger partial charge is 0.390 e. The second kappa shape index (κ2) is 4.64. The smallest absolute Gasteiger partial charge is 0.0632 e. The third-order valence-corrected chi connectivity index (χ3v) is 3.87. The fourth-order valence-electron chi connectivity index (χ4n) is 2.12. The van der Waals surface area contributed by atoms with E-state index < -0.39 is 5.60 Å². The number of hydrogen-bond donors (Lipinski definition) is 1. The molecule has 0 saturated carbocycles. The van der Waals surface area contributed by atoms with Crippen molar-refractivity contribution in [1.82, 2.24) is 4.90 Å². The van der Waals surface area contributed by atoms with Gasteiger partial charge in [0.05, 0.1) is 5.60 Å². The summed E-state index contributed by atoms with van der Waals surface area (Å²) in [6.45, 7) is 5.13. The van der Waals surface area contributed by atoms with Gasteiger partial charge in [-0.2, -0.15) is 11.3 Å². The summed E-state index contributed by atoms with van der Waals surface area (Å²) in [6.07, 6.45) is 2.95. The molecule has 2 heterocycles. The third-order valence-electron chi connectivity index (χ3n) is 3.14. The number of nitrogens with zero attached hydrogens (tertiary/aromatic N) is 1. The molecule has 0 radical (unpaired) electrons. The number of thiophene rings is 1. The molecule has 0 bridgehead atoms. The Morgan fingerprint density at radius 1 is 1.47 bits per heavy atom. The minimum absolute atomic E-state index is 0.441. The van der Waals surface area contributed by atoms with Crippen LogP contribution in [0.25, 0.3) is 0 Å². The Balaban J connectivity index is 1.89. The summed E-state index contributed by atoms with van der Waals surface area (Å²) in [5.74, 6) is 0. The molecule has 1 N–H and O–H groups in total. The quantitative estimate of drug-likeness (QED) is 0.836. The molecule has 0 aliphatic carbocycles. The number of aliphatic hydroxyl groups is 1. The molecule has 2 rings (SSSR count). The van der Waals surface area contributed by atoms with Crippen LogP contribution >= 0.6 is 11.3 Å². The minimum Gasteiger partial charge on any atom is -0.390 e. The summed E-state index contributed by atoms with van der Waals surface area (Å²) in [5, 5.41) is 14.3. The Kier molecular flexibility index (Phi) is 3.44. The molecule has 3 heteroatoms. The highest BCUT2D eigenvalue weighted by Crippen LogP contribution is 2.22. The van der Waals surface area contributed by atoms with E-state index in [2.05, 4.69) is 21.7 Å². The monoisotopic (exact) mass is 225 g/mol. The van der Waals surface area contributed by atoms with Crippen LogP contribution in [0.2, 0.25) is 0 Å². The maximum atomic E-state index is 9.97. The molecule has 2 nitrogen and oxygen atoms in total. The van der Waals surface area contributed by atoms with Crippen molar-refractivity contribution in [2.75, 3.05) is 13.1 Å². The molecule has 0 amide bonds. The molecule has 1 aromatic rings. The maximum absolute atomic E-state index is 9.97. The van der Waals surface area contributed by atoms with Crippen LogP contribution in [-0.2, 0) is 6.54 Å². The fourth-order valence-corrected chi connectivity index (χ4v) is 2.78. The molecule has 0 aromatic carbocycles. The van der Waals surface area contributed by atoms with E-state index in [0.29, 0.717) is 0 Å². The van der Waals surface area contributed by atoms with E-state index in [9.17, 15) is 5.11 Å². The van der Waals surface area contributed by atoms with Crippen molar-refractivity contribution < 1.29 is 5.11 Å². The van der Waals surface area contributed by atoms with Gasteiger partial charge in [-0.15, -0.1) is 0 Å². The Morgan fingerprint density at radius 2 is 2.33 bits per heavy atom. The summed E-state index contributed by atoms with van der Waals surface area (Å²) >= 11 is 1.76. The van der Waals surface area contributed by atoms with Crippen LogP contribution in [0.3, 0.4) is 0 Å². The Morgan fingerprint density at radius 3 is 3.07 bits per heavy atom. The van der Waals surface area contributed by atoms with Crippen LogP contribution < -0.4 is 0 Å². The van der Waals surface area contributed by atoms with Gasteiger partial charge in [0.2, 0.25) is 0 Å². The standard InChI is InChI=1S/C12H19NOS/c1-12(14)4-2-6-13(7-5-12)9-11-3-8-15-10-11/h3,8,10,14H,2,4-7,9H2,1H3. The van der Waals surface area contributed by atoms with Crippen molar-refractivity contribution in [2.45, 2.75) is 38.3 Å². The first-order valence-corrected chi connectivity index (χ1v) is 6.56. The van der Waals surface area contributed by atoms with Gasteiger partial charge < -0.3 is 5.11 Å². The molecule has 1 unspecified atom stereocenters. The topological polar surface area (TPSA) is 23.5 Å². The summed E-state index contributed by atoms with van der Waals surface area (Å²) in [5.41, 5.74) is 0.963. The van der Waals surface area contributed by atoms with E-state index >= 15 is 0 Å². The highest BCUT2D eigenvalue weighted by atomic mass is 32.1. The zero-order valence-electron chi connectivity index (χ0n) is 9.28. The molecule has 15 heavy (non-hydrogen) atoms. The molecule has 1 aliphatic heterocycles. The van der Waals surface area contributed by atoms with Crippen LogP contribution in [0.5, 0.6) is 0 Å². The lowest BCUT2D eigenvalue weighted by atomic mass is 9.98. The van der Waals surface area contributed by atoms with Gasteiger partial charge >= 0.3 is 0 Å². The van der Waals surface area contributed by atoms with E-state index in [-0.39, 0.29) is 0 Å². The van der Waals surface area contributed by atoms with E-state index in [0.717, 1.165) is 38.9 Å². The van der Waals surface area contributed by atoms with Crippen molar-refractivity contribution in [3.8, 4) is 0 Å². The van der Waals surface area contributed by atoms with Crippen LogP contribution in [0.15, 0.2) is 16.8 Å². The lowest BCUT2D eigenvalue weighted by Gasteiger charge is -2.22. The summed E-state index contributed by atoms with van der Waals surface area (Å²) in [6, 6.07) is 2.19. The highest BCUT2D eigenvalue weighted by Gasteiger charge is 2.24. The van der Waals surface area contributed by atoms with Crippen LogP contribution in [-0.4, -0.2) is 28.7 Å². The lowest BCUT2D eigenvalue weighted by molar-refractivity contribution is 0.0444. The second-order valence-corrected chi connectivity index (χ2v) is 5.54. The maximum Gasteiger partial charge on any atom is 0.0632 e. The van der Waals surface area contributed by atoms with Gasteiger partial charge in [-0.3, -0.25) is 4.90 Å². The van der Waals surface area contributed by atoms with Crippen LogP contribution in [0, 0.1) is 0 Å². The van der Waals surface area contributed by atoms with E-state index in [1.807, 2.05) is 6.92 Å². The zero-order valence-corrected chi connectivity index (χ0v) is 10.1. The second-order valence-electron chi connectivity index (χ2n) is 4.76. The molecule has 1 saturated heterocycles. The lowest BCUT2D eigenvalue weighted by Crippen LogP contribution is -2.28. The van der Waals surface area contributed by atoms with E-state index in [4.69, 9.17) is 0 Å². The Labute approximate surface area is 95.5 Å². The molecule has 1 fully saturated rings. The van der Waals surface area contributed by atoms with E-state index in [1.54, 1.807) is 11.3 Å². The first-order chi connectivity index (χ1) is 7.16. The average Bonchev–Trinajstić information content (AvgIpc) is 2.60. The number of hydrogen-bond acceptors (Lipinski definition) is 3. The van der Waals surface area contributed by atoms with Gasteiger partial charge in [0.15, 0.2) is 0 Å². The zero-order chi connectivity index (χ0) is 10.7. The van der Waals surface area contributed by atoms with Crippen LogP contribution in [0.4, 0.5) is 0 Å². The first-order valence-electron chi connectivity index (χ1n) is 5.62. The third kappa shape index (κ3) is 3.30. The molecule has 0 spiro atoms. The Bertz CT molecular complexity index is 295. The predicted molar refractivity (Wildman–Crippen MR) is 64.1 cm³/mol. The molecule has 84 valence electrons. The molecule has 1 atom stereocenters.